The van der Waals surface area contributed by atoms with Gasteiger partial charge in [0.2, 0.25) is 0 Å². The molecular weight excluding hydrogens is 765 g/mol. The van der Waals surface area contributed by atoms with Crippen LogP contribution >= 0.6 is 0 Å². The summed E-state index contributed by atoms with van der Waals surface area (Å²) in [6, 6.07) is 0. The van der Waals surface area contributed by atoms with E-state index in [1.54, 1.807) is 0 Å². The lowest BCUT2D eigenvalue weighted by Crippen LogP contribution is -2.30. The first kappa shape index (κ1) is 59.9. The van der Waals surface area contributed by atoms with Gasteiger partial charge in [-0.15, -0.1) is 0 Å². The Labute approximate surface area is 386 Å². The summed E-state index contributed by atoms with van der Waals surface area (Å²) in [4.78, 5) is 25.4. The van der Waals surface area contributed by atoms with Crippen molar-refractivity contribution in [3.8, 4) is 0 Å². The Balaban J connectivity index is 4.16. The Bertz CT molecular complexity index is 1030. The first-order valence-corrected chi connectivity index (χ1v) is 27.2. The molecule has 0 bridgehead atoms. The predicted octanol–water partition coefficient (Wildman–Crippen LogP) is 18.3. The van der Waals surface area contributed by atoms with E-state index >= 15 is 0 Å². The van der Waals surface area contributed by atoms with Crippen molar-refractivity contribution >= 4 is 11.9 Å². The van der Waals surface area contributed by atoms with Gasteiger partial charge in [-0.2, -0.15) is 0 Å². The fourth-order valence-electron chi connectivity index (χ4n) is 7.86. The van der Waals surface area contributed by atoms with E-state index in [1.165, 1.54) is 173 Å². The van der Waals surface area contributed by atoms with Gasteiger partial charge < -0.3 is 14.2 Å². The standard InChI is InChI=1S/C57H104O5/c1-4-7-10-13-16-19-21-23-25-27-29-30-32-34-36-39-41-44-47-50-56(58)61-54-55(62-57(59)51-48-45-42-38-18-15-12-9-6-3)53-60-52-49-46-43-40-37-35-33-31-28-26-24-22-20-17-14-11-8-5-2/h8,11,17,20,24,26,31,33,55H,4-7,9-10,12-16,18-19,21-23,25,27-30,32,34-54H2,1-3H3/b11-8-,20-17-,26-24-,33-31-. The summed E-state index contributed by atoms with van der Waals surface area (Å²) in [7, 11) is 0. The normalized spacial score (nSPS) is 12.5. The Hall–Kier alpha value is -2.14. The molecule has 62 heavy (non-hydrogen) atoms. The van der Waals surface area contributed by atoms with E-state index in [4.69, 9.17) is 14.2 Å². The first-order chi connectivity index (χ1) is 30.6. The molecule has 5 heteroatoms. The van der Waals surface area contributed by atoms with Crippen molar-refractivity contribution in [1.29, 1.82) is 0 Å². The minimum absolute atomic E-state index is 0.0821. The molecule has 362 valence electrons. The highest BCUT2D eigenvalue weighted by Gasteiger charge is 2.17. The van der Waals surface area contributed by atoms with E-state index in [0.29, 0.717) is 19.4 Å². The van der Waals surface area contributed by atoms with Crippen molar-refractivity contribution < 1.29 is 23.8 Å². The number of rotatable bonds is 50. The molecule has 5 nitrogen and oxygen atoms in total. The minimum atomic E-state index is -0.541. The van der Waals surface area contributed by atoms with Gasteiger partial charge in [0.1, 0.15) is 6.61 Å². The van der Waals surface area contributed by atoms with Crippen LogP contribution in [-0.2, 0) is 23.8 Å². The smallest absolute Gasteiger partial charge is 0.306 e. The molecule has 0 aromatic heterocycles. The third-order valence-corrected chi connectivity index (χ3v) is 11.9. The lowest BCUT2D eigenvalue weighted by Gasteiger charge is -2.18. The van der Waals surface area contributed by atoms with Crippen LogP contribution in [0.15, 0.2) is 48.6 Å². The van der Waals surface area contributed by atoms with Gasteiger partial charge in [-0.1, -0.05) is 256 Å². The summed E-state index contributed by atoms with van der Waals surface area (Å²) in [6.07, 6.45) is 65.6. The van der Waals surface area contributed by atoms with E-state index < -0.39 is 6.10 Å². The molecule has 0 aliphatic heterocycles. The lowest BCUT2D eigenvalue weighted by molar-refractivity contribution is -0.163. The number of unbranched alkanes of at least 4 members (excludes halogenated alkanes) is 31. The highest BCUT2D eigenvalue weighted by atomic mass is 16.6. The summed E-state index contributed by atoms with van der Waals surface area (Å²) in [5.41, 5.74) is 0. The summed E-state index contributed by atoms with van der Waals surface area (Å²) in [5.74, 6) is -0.396. The second-order valence-corrected chi connectivity index (χ2v) is 18.1. The Morgan fingerprint density at radius 3 is 1.16 bits per heavy atom. The van der Waals surface area contributed by atoms with Crippen LogP contribution in [0.1, 0.15) is 278 Å². The molecule has 0 heterocycles. The molecule has 0 amide bonds. The SMILES string of the molecule is CC/C=C\C/C=C\C/C=C\C/C=C\CCCCCCCOCC(COC(=O)CCCCCCCCCCCCCCCCCCCCC)OC(=O)CCCCCCCCCCC. The number of carbonyl (C=O) groups excluding carboxylic acids is 2. The van der Waals surface area contributed by atoms with Gasteiger partial charge in [0, 0.05) is 19.4 Å². The summed E-state index contributed by atoms with van der Waals surface area (Å²) >= 11 is 0. The zero-order valence-corrected chi connectivity index (χ0v) is 41.6. The van der Waals surface area contributed by atoms with E-state index in [1.807, 2.05) is 0 Å². The molecule has 0 saturated carbocycles. The molecule has 0 aliphatic rings. The van der Waals surface area contributed by atoms with Crippen LogP contribution in [0.5, 0.6) is 0 Å². The van der Waals surface area contributed by atoms with Crippen LogP contribution in [0.25, 0.3) is 0 Å². The van der Waals surface area contributed by atoms with Crippen molar-refractivity contribution in [3.05, 3.63) is 48.6 Å². The van der Waals surface area contributed by atoms with Gasteiger partial charge in [0.15, 0.2) is 6.10 Å². The zero-order chi connectivity index (χ0) is 44.9. The van der Waals surface area contributed by atoms with Crippen LogP contribution < -0.4 is 0 Å². The molecule has 0 rings (SSSR count). The van der Waals surface area contributed by atoms with Crippen molar-refractivity contribution in [2.75, 3.05) is 19.8 Å². The second-order valence-electron chi connectivity index (χ2n) is 18.1. The monoisotopic (exact) mass is 869 g/mol. The number of carbonyl (C=O) groups is 2. The molecule has 0 aromatic rings. The quantitative estimate of drug-likeness (QED) is 0.0346. The van der Waals surface area contributed by atoms with Gasteiger partial charge >= 0.3 is 11.9 Å². The van der Waals surface area contributed by atoms with Gasteiger partial charge in [-0.25, -0.2) is 0 Å². The number of hydrogen-bond donors (Lipinski definition) is 0. The fraction of sp³-hybridized carbons (Fsp3) is 0.825. The van der Waals surface area contributed by atoms with Crippen molar-refractivity contribution in [2.24, 2.45) is 0 Å². The predicted molar refractivity (Wildman–Crippen MR) is 270 cm³/mol. The molecule has 1 unspecified atom stereocenters. The van der Waals surface area contributed by atoms with Crippen LogP contribution in [-0.4, -0.2) is 37.9 Å². The third-order valence-electron chi connectivity index (χ3n) is 11.9. The maximum atomic E-state index is 12.7. The van der Waals surface area contributed by atoms with Crippen LogP contribution in [0.4, 0.5) is 0 Å². The third kappa shape index (κ3) is 50.5. The number of ether oxygens (including phenoxy) is 3. The highest BCUT2D eigenvalue weighted by Crippen LogP contribution is 2.16. The van der Waals surface area contributed by atoms with Crippen molar-refractivity contribution in [3.63, 3.8) is 0 Å². The van der Waals surface area contributed by atoms with Gasteiger partial charge in [-0.05, 0) is 57.8 Å². The molecular formula is C57H104O5. The Kier molecular flexibility index (Phi) is 51.4. The molecule has 0 saturated heterocycles. The molecule has 0 aromatic carbocycles. The van der Waals surface area contributed by atoms with Crippen LogP contribution in [0.2, 0.25) is 0 Å². The maximum absolute atomic E-state index is 12.7. The number of hydrogen-bond acceptors (Lipinski definition) is 5. The lowest BCUT2D eigenvalue weighted by atomic mass is 10.0. The Morgan fingerprint density at radius 2 is 0.726 bits per heavy atom. The fourth-order valence-corrected chi connectivity index (χ4v) is 7.86. The van der Waals surface area contributed by atoms with Crippen molar-refractivity contribution in [2.45, 2.75) is 284 Å². The van der Waals surface area contributed by atoms with Crippen LogP contribution in [0.3, 0.4) is 0 Å². The molecule has 0 fully saturated rings. The first-order valence-electron chi connectivity index (χ1n) is 27.2. The number of allylic oxidation sites excluding steroid dienone is 8. The van der Waals surface area contributed by atoms with Gasteiger partial charge in [0.25, 0.3) is 0 Å². The summed E-state index contributed by atoms with van der Waals surface area (Å²) in [6.45, 7) is 7.70. The number of esters is 2. The van der Waals surface area contributed by atoms with Crippen LogP contribution in [0, 0.1) is 0 Å². The average molecular weight is 869 g/mol. The van der Waals surface area contributed by atoms with E-state index in [-0.39, 0.29) is 25.2 Å². The van der Waals surface area contributed by atoms with E-state index in [0.717, 1.165) is 70.6 Å². The molecule has 0 aliphatic carbocycles. The minimum Gasteiger partial charge on any atom is -0.462 e. The Morgan fingerprint density at radius 1 is 0.371 bits per heavy atom. The van der Waals surface area contributed by atoms with Gasteiger partial charge in [0.05, 0.1) is 6.61 Å². The molecule has 0 N–H and O–H groups in total. The zero-order valence-electron chi connectivity index (χ0n) is 41.6. The topological polar surface area (TPSA) is 61.8 Å². The molecule has 1 atom stereocenters. The second kappa shape index (κ2) is 53.2. The summed E-state index contributed by atoms with van der Waals surface area (Å²) < 4.78 is 17.4. The molecule has 0 radical (unpaired) electrons. The summed E-state index contributed by atoms with van der Waals surface area (Å²) in [5, 5.41) is 0. The van der Waals surface area contributed by atoms with E-state index in [2.05, 4.69) is 69.4 Å². The largest absolute Gasteiger partial charge is 0.462 e. The molecule has 0 spiro atoms. The maximum Gasteiger partial charge on any atom is 0.306 e. The highest BCUT2D eigenvalue weighted by molar-refractivity contribution is 5.70. The van der Waals surface area contributed by atoms with E-state index in [9.17, 15) is 9.59 Å². The van der Waals surface area contributed by atoms with Gasteiger partial charge in [-0.3, -0.25) is 9.59 Å². The average Bonchev–Trinajstić information content (AvgIpc) is 3.27. The van der Waals surface area contributed by atoms with Crippen molar-refractivity contribution in [1.82, 2.24) is 0 Å².